The van der Waals surface area contributed by atoms with Gasteiger partial charge in [0.15, 0.2) is 5.96 Å². The predicted molar refractivity (Wildman–Crippen MR) is 94.5 cm³/mol. The lowest BCUT2D eigenvalue weighted by atomic mass is 10.1. The van der Waals surface area contributed by atoms with Gasteiger partial charge in [-0.15, -0.1) is 6.58 Å². The maximum absolute atomic E-state index is 11.8. The Morgan fingerprint density at radius 1 is 1.35 bits per heavy atom. The molecule has 1 N–H and O–H groups in total. The first-order chi connectivity index (χ1) is 11.1. The van der Waals surface area contributed by atoms with Crippen LogP contribution in [-0.2, 0) is 4.79 Å². The molecule has 130 valence electrons. The largest absolute Gasteiger partial charge is 0.353 e. The Hall–Kier alpha value is -1.56. The van der Waals surface area contributed by atoms with Crippen LogP contribution in [0.1, 0.15) is 19.3 Å². The summed E-state index contributed by atoms with van der Waals surface area (Å²) in [7, 11) is 3.52. The van der Waals surface area contributed by atoms with Gasteiger partial charge in [0.2, 0.25) is 5.91 Å². The molecule has 6 heteroatoms. The Bertz CT molecular complexity index is 429. The van der Waals surface area contributed by atoms with Gasteiger partial charge >= 0.3 is 0 Å². The number of hydrogen-bond acceptors (Lipinski definition) is 3. The molecular weight excluding hydrogens is 290 g/mol. The second kappa shape index (κ2) is 8.91. The Balaban J connectivity index is 1.89. The minimum absolute atomic E-state index is 0.0238. The number of aliphatic imine (C=N–C) groups is 1. The maximum Gasteiger partial charge on any atom is 0.243 e. The average Bonchev–Trinajstić information content (AvgIpc) is 3.19. The molecule has 0 radical (unpaired) electrons. The van der Waals surface area contributed by atoms with Crippen molar-refractivity contribution in [2.45, 2.75) is 19.3 Å². The molecule has 1 amide bonds. The summed E-state index contributed by atoms with van der Waals surface area (Å²) in [5, 5.41) is 3.29. The molecule has 0 spiro atoms. The van der Waals surface area contributed by atoms with E-state index in [0.717, 1.165) is 19.0 Å². The number of rotatable bonds is 6. The summed E-state index contributed by atoms with van der Waals surface area (Å²) in [6, 6.07) is 0. The lowest BCUT2D eigenvalue weighted by molar-refractivity contribution is -0.127. The van der Waals surface area contributed by atoms with E-state index in [9.17, 15) is 4.79 Å². The van der Waals surface area contributed by atoms with Crippen LogP contribution in [-0.4, -0.2) is 86.5 Å². The molecule has 0 saturated carbocycles. The topological polar surface area (TPSA) is 51.2 Å². The van der Waals surface area contributed by atoms with Crippen molar-refractivity contribution in [3.05, 3.63) is 12.7 Å². The molecule has 2 aliphatic heterocycles. The van der Waals surface area contributed by atoms with Crippen LogP contribution in [0.15, 0.2) is 17.6 Å². The first-order valence-electron chi connectivity index (χ1n) is 8.67. The van der Waals surface area contributed by atoms with Crippen LogP contribution in [0.5, 0.6) is 0 Å². The molecule has 2 heterocycles. The van der Waals surface area contributed by atoms with Crippen molar-refractivity contribution >= 4 is 11.9 Å². The van der Waals surface area contributed by atoms with E-state index in [1.54, 1.807) is 19.0 Å². The second-order valence-corrected chi connectivity index (χ2v) is 6.71. The van der Waals surface area contributed by atoms with Crippen LogP contribution >= 0.6 is 0 Å². The third kappa shape index (κ3) is 5.53. The Kier molecular flexibility index (Phi) is 6.89. The maximum atomic E-state index is 11.8. The molecular formula is C17H31N5O. The van der Waals surface area contributed by atoms with Crippen LogP contribution in [0.3, 0.4) is 0 Å². The summed E-state index contributed by atoms with van der Waals surface area (Å²) in [5.41, 5.74) is 0. The Labute approximate surface area is 140 Å². The normalized spacial score (nSPS) is 22.4. The molecule has 0 aromatic rings. The molecule has 0 aromatic heterocycles. The highest BCUT2D eigenvalue weighted by Gasteiger charge is 2.27. The van der Waals surface area contributed by atoms with Gasteiger partial charge in [-0.05, 0) is 38.3 Å². The number of nitrogens with zero attached hydrogens (tertiary/aromatic N) is 4. The van der Waals surface area contributed by atoms with E-state index in [0.29, 0.717) is 12.5 Å². The molecule has 1 atom stereocenters. The smallest absolute Gasteiger partial charge is 0.243 e. The lowest BCUT2D eigenvalue weighted by Crippen LogP contribution is -2.41. The average molecular weight is 321 g/mol. The van der Waals surface area contributed by atoms with Crippen LogP contribution in [0.4, 0.5) is 0 Å². The highest BCUT2D eigenvalue weighted by molar-refractivity contribution is 5.85. The number of likely N-dealkylation sites (tertiary alicyclic amines) is 2. The second-order valence-electron chi connectivity index (χ2n) is 6.71. The lowest BCUT2D eigenvalue weighted by Gasteiger charge is -2.23. The molecule has 2 rings (SSSR count). The number of likely N-dealkylation sites (N-methyl/N-ethyl adjacent to an activating group) is 1. The summed E-state index contributed by atoms with van der Waals surface area (Å²) >= 11 is 0. The SMILES string of the molecule is C=CCNC(=NCC(=O)N(C)C)N1CCC(CN2CCCC2)C1. The molecule has 2 fully saturated rings. The van der Waals surface area contributed by atoms with Crippen molar-refractivity contribution in [2.24, 2.45) is 10.9 Å². The summed E-state index contributed by atoms with van der Waals surface area (Å²) in [6.45, 7) is 10.3. The minimum atomic E-state index is 0.0238. The quantitative estimate of drug-likeness (QED) is 0.443. The number of carbonyl (C=O) groups is 1. The van der Waals surface area contributed by atoms with Gasteiger partial charge < -0.3 is 20.0 Å². The first kappa shape index (κ1) is 17.8. The fourth-order valence-electron chi connectivity index (χ4n) is 3.22. The van der Waals surface area contributed by atoms with Gasteiger partial charge in [0.05, 0.1) is 0 Å². The van der Waals surface area contributed by atoms with Gasteiger partial charge in [0.25, 0.3) is 0 Å². The Morgan fingerprint density at radius 2 is 2.09 bits per heavy atom. The van der Waals surface area contributed by atoms with Crippen molar-refractivity contribution < 1.29 is 4.79 Å². The highest BCUT2D eigenvalue weighted by Crippen LogP contribution is 2.20. The summed E-state index contributed by atoms with van der Waals surface area (Å²) < 4.78 is 0. The standard InChI is InChI=1S/C17H31N5O/c1-4-8-18-17(19-12-16(23)20(2)3)22-11-7-15(14-22)13-21-9-5-6-10-21/h4,15H,1,5-14H2,2-3H3,(H,18,19). The fourth-order valence-corrected chi connectivity index (χ4v) is 3.22. The molecule has 0 aromatic carbocycles. The first-order valence-corrected chi connectivity index (χ1v) is 8.67. The van der Waals surface area contributed by atoms with Crippen LogP contribution < -0.4 is 5.32 Å². The van der Waals surface area contributed by atoms with Gasteiger partial charge in [-0.25, -0.2) is 4.99 Å². The van der Waals surface area contributed by atoms with Gasteiger partial charge in [-0.1, -0.05) is 6.08 Å². The van der Waals surface area contributed by atoms with Crippen molar-refractivity contribution in [3.63, 3.8) is 0 Å². The van der Waals surface area contributed by atoms with Crippen LogP contribution in [0.2, 0.25) is 0 Å². The molecule has 6 nitrogen and oxygen atoms in total. The molecule has 2 saturated heterocycles. The van der Waals surface area contributed by atoms with Crippen molar-refractivity contribution in [2.75, 3.05) is 59.9 Å². The van der Waals surface area contributed by atoms with Gasteiger partial charge in [-0.3, -0.25) is 4.79 Å². The van der Waals surface area contributed by atoms with E-state index in [1.807, 2.05) is 6.08 Å². The van der Waals surface area contributed by atoms with Crippen molar-refractivity contribution in [3.8, 4) is 0 Å². The highest BCUT2D eigenvalue weighted by atomic mass is 16.2. The molecule has 0 bridgehead atoms. The number of hydrogen-bond donors (Lipinski definition) is 1. The third-order valence-electron chi connectivity index (χ3n) is 4.57. The van der Waals surface area contributed by atoms with E-state index in [2.05, 4.69) is 26.7 Å². The van der Waals surface area contributed by atoms with Gasteiger partial charge in [0, 0.05) is 40.3 Å². The molecule has 0 aliphatic carbocycles. The minimum Gasteiger partial charge on any atom is -0.353 e. The van der Waals surface area contributed by atoms with Crippen LogP contribution in [0, 0.1) is 5.92 Å². The number of nitrogens with one attached hydrogen (secondary N) is 1. The number of carbonyl (C=O) groups excluding carboxylic acids is 1. The molecule has 2 aliphatic rings. The van der Waals surface area contributed by atoms with Crippen molar-refractivity contribution in [1.82, 2.24) is 20.0 Å². The molecule has 1 unspecified atom stereocenters. The zero-order chi connectivity index (χ0) is 16.7. The van der Waals surface area contributed by atoms with Gasteiger partial charge in [0.1, 0.15) is 6.54 Å². The van der Waals surface area contributed by atoms with E-state index in [-0.39, 0.29) is 12.5 Å². The fraction of sp³-hybridized carbons (Fsp3) is 0.765. The summed E-state index contributed by atoms with van der Waals surface area (Å²) in [6.07, 6.45) is 5.71. The number of amides is 1. The van der Waals surface area contributed by atoms with E-state index < -0.39 is 0 Å². The zero-order valence-electron chi connectivity index (χ0n) is 14.6. The zero-order valence-corrected chi connectivity index (χ0v) is 14.6. The van der Waals surface area contributed by atoms with Crippen LogP contribution in [0.25, 0.3) is 0 Å². The Morgan fingerprint density at radius 3 is 2.74 bits per heavy atom. The number of guanidine groups is 1. The predicted octanol–water partition coefficient (Wildman–Crippen LogP) is 0.624. The van der Waals surface area contributed by atoms with Gasteiger partial charge in [-0.2, -0.15) is 0 Å². The van der Waals surface area contributed by atoms with Crippen molar-refractivity contribution in [1.29, 1.82) is 0 Å². The third-order valence-corrected chi connectivity index (χ3v) is 4.57. The summed E-state index contributed by atoms with van der Waals surface area (Å²) in [4.78, 5) is 22.7. The molecule has 23 heavy (non-hydrogen) atoms. The van der Waals surface area contributed by atoms with E-state index >= 15 is 0 Å². The van der Waals surface area contributed by atoms with E-state index in [4.69, 9.17) is 0 Å². The summed E-state index contributed by atoms with van der Waals surface area (Å²) in [5.74, 6) is 1.56. The monoisotopic (exact) mass is 321 g/mol. The van der Waals surface area contributed by atoms with E-state index in [1.165, 1.54) is 38.9 Å².